The number of hydrogen-bond acceptors (Lipinski definition) is 1. The molecule has 11 aromatic rings. The molecule has 3 heterocycles. The molecule has 0 bridgehead atoms. The normalized spacial score (nSPS) is 12.4. The molecule has 1 aliphatic rings. The van der Waals surface area contributed by atoms with Crippen molar-refractivity contribution in [2.24, 2.45) is 0 Å². The number of aromatic nitrogens is 2. The highest BCUT2D eigenvalue weighted by molar-refractivity contribution is 6.90. The number of benzene rings is 9. The minimum absolute atomic E-state index is 0.00870. The molecule has 0 fully saturated rings. The van der Waals surface area contributed by atoms with E-state index in [1.807, 2.05) is 0 Å². The third-order valence-electron chi connectivity index (χ3n) is 12.2. The fourth-order valence-corrected chi connectivity index (χ4v) is 9.72. The van der Waals surface area contributed by atoms with Gasteiger partial charge in [-0.1, -0.05) is 169 Å². The quantitative estimate of drug-likeness (QED) is 0.160. The van der Waals surface area contributed by atoms with Gasteiger partial charge in [-0.3, -0.25) is 0 Å². The van der Waals surface area contributed by atoms with E-state index in [4.69, 9.17) is 0 Å². The summed E-state index contributed by atoms with van der Waals surface area (Å²) in [6, 6.07) is 80.0. The van der Waals surface area contributed by atoms with E-state index >= 15 is 0 Å². The SMILES string of the molecule is c1ccc(B2c3ccccc3-c3ccccc3N2c2cccc(-c3ccccc3-n3c4ccccc4c4ccc(-n5c6ccccc6c6ccccc65)cc43)c2)cc1. The molecule has 58 heavy (non-hydrogen) atoms. The molecule has 0 atom stereocenters. The minimum Gasteiger partial charge on any atom is -0.376 e. The van der Waals surface area contributed by atoms with Crippen molar-refractivity contribution in [1.82, 2.24) is 9.13 Å². The van der Waals surface area contributed by atoms with E-state index in [9.17, 15) is 0 Å². The van der Waals surface area contributed by atoms with Crippen LogP contribution in [0.3, 0.4) is 0 Å². The number of nitrogens with zero attached hydrogens (tertiary/aromatic N) is 3. The van der Waals surface area contributed by atoms with Crippen LogP contribution in [-0.4, -0.2) is 16.0 Å². The van der Waals surface area contributed by atoms with Gasteiger partial charge in [-0.25, -0.2) is 0 Å². The molecule has 3 nitrogen and oxygen atoms in total. The zero-order valence-electron chi connectivity index (χ0n) is 31.7. The van der Waals surface area contributed by atoms with Crippen molar-refractivity contribution in [3.8, 4) is 33.6 Å². The lowest BCUT2D eigenvalue weighted by Crippen LogP contribution is -2.57. The van der Waals surface area contributed by atoms with Crippen LogP contribution >= 0.6 is 0 Å². The maximum absolute atomic E-state index is 2.54. The van der Waals surface area contributed by atoms with Gasteiger partial charge in [0, 0.05) is 49.7 Å². The van der Waals surface area contributed by atoms with Gasteiger partial charge in [0.2, 0.25) is 0 Å². The summed E-state index contributed by atoms with van der Waals surface area (Å²) in [7, 11) is 0. The second-order valence-electron chi connectivity index (χ2n) is 15.3. The van der Waals surface area contributed by atoms with Crippen molar-refractivity contribution in [2.75, 3.05) is 4.81 Å². The first-order chi connectivity index (χ1) is 28.8. The molecule has 2 aromatic heterocycles. The number of hydrogen-bond donors (Lipinski definition) is 0. The number of anilines is 2. The van der Waals surface area contributed by atoms with Gasteiger partial charge in [-0.2, -0.15) is 0 Å². The maximum Gasteiger partial charge on any atom is 0.328 e. The highest BCUT2D eigenvalue weighted by atomic mass is 15.1. The van der Waals surface area contributed by atoms with Crippen LogP contribution in [0.4, 0.5) is 11.4 Å². The van der Waals surface area contributed by atoms with Crippen molar-refractivity contribution in [3.05, 3.63) is 218 Å². The Morgan fingerprint density at radius 2 is 0.862 bits per heavy atom. The second-order valence-corrected chi connectivity index (χ2v) is 15.3. The Bertz CT molecular complexity index is 3320. The molecule has 0 unspecified atom stereocenters. The molecule has 1 aliphatic heterocycles. The molecule has 0 N–H and O–H groups in total. The summed E-state index contributed by atoms with van der Waals surface area (Å²) in [5.74, 6) is 0. The first-order valence-electron chi connectivity index (χ1n) is 20.1. The summed E-state index contributed by atoms with van der Waals surface area (Å²) in [6.07, 6.45) is 0. The van der Waals surface area contributed by atoms with E-state index in [0.717, 1.165) is 17.1 Å². The van der Waals surface area contributed by atoms with Crippen LogP contribution in [0.25, 0.3) is 77.2 Å². The Hall–Kier alpha value is -7.56. The van der Waals surface area contributed by atoms with Crippen LogP contribution < -0.4 is 15.7 Å². The largest absolute Gasteiger partial charge is 0.376 e. The Morgan fingerprint density at radius 3 is 1.59 bits per heavy atom. The molecule has 9 aromatic carbocycles. The molecule has 0 saturated carbocycles. The molecule has 12 rings (SSSR count). The molecule has 0 aliphatic carbocycles. The maximum atomic E-state index is 2.54. The predicted octanol–water partition coefficient (Wildman–Crippen LogP) is 12.5. The van der Waals surface area contributed by atoms with Gasteiger partial charge in [0.05, 0.1) is 27.8 Å². The standard InChI is InChI=1S/C54H36BN3/c1-2-18-38(19-3-1)55-48-27-10-4-22-42(48)43-23-9-15-32-53(43)58(55)40-20-16-17-37(35-40)41-21-5-11-28-49(41)57-52-31-14-8-26-46(52)47-34-33-39(36-54(47)57)56-50-29-12-6-24-44(50)45-25-7-13-30-51(45)56/h1-36H. The Balaban J connectivity index is 1.07. The molecular formula is C54H36BN3. The van der Waals surface area contributed by atoms with Crippen LogP contribution in [0.5, 0.6) is 0 Å². The zero-order chi connectivity index (χ0) is 38.2. The molecular weight excluding hydrogens is 701 g/mol. The van der Waals surface area contributed by atoms with E-state index < -0.39 is 0 Å². The highest BCUT2D eigenvalue weighted by Gasteiger charge is 2.36. The van der Waals surface area contributed by atoms with Gasteiger partial charge in [-0.05, 0) is 71.2 Å². The number of fused-ring (bicyclic) bond motifs is 9. The average molecular weight is 738 g/mol. The summed E-state index contributed by atoms with van der Waals surface area (Å²) in [5.41, 5.74) is 16.9. The predicted molar refractivity (Wildman–Crippen MR) is 246 cm³/mol. The van der Waals surface area contributed by atoms with Gasteiger partial charge in [0.25, 0.3) is 0 Å². The Kier molecular flexibility index (Phi) is 7.33. The summed E-state index contributed by atoms with van der Waals surface area (Å²) < 4.78 is 4.89. The van der Waals surface area contributed by atoms with Crippen molar-refractivity contribution >= 4 is 72.8 Å². The second kappa shape index (κ2) is 13.0. The molecule has 4 heteroatoms. The monoisotopic (exact) mass is 737 g/mol. The zero-order valence-corrected chi connectivity index (χ0v) is 31.7. The summed E-state index contributed by atoms with van der Waals surface area (Å²) >= 11 is 0. The lowest BCUT2D eigenvalue weighted by atomic mass is 9.46. The average Bonchev–Trinajstić information content (AvgIpc) is 3.81. The van der Waals surface area contributed by atoms with Crippen LogP contribution in [0.1, 0.15) is 0 Å². The third kappa shape index (κ3) is 4.88. The van der Waals surface area contributed by atoms with Gasteiger partial charge in [0.15, 0.2) is 0 Å². The van der Waals surface area contributed by atoms with Gasteiger partial charge in [0.1, 0.15) is 0 Å². The smallest absolute Gasteiger partial charge is 0.328 e. The van der Waals surface area contributed by atoms with E-state index in [-0.39, 0.29) is 6.85 Å². The van der Waals surface area contributed by atoms with Gasteiger partial charge >= 0.3 is 6.85 Å². The number of para-hydroxylation sites is 5. The van der Waals surface area contributed by atoms with Crippen molar-refractivity contribution < 1.29 is 0 Å². The van der Waals surface area contributed by atoms with Crippen LogP contribution in [-0.2, 0) is 0 Å². The number of rotatable bonds is 5. The van der Waals surface area contributed by atoms with E-state index in [2.05, 4.69) is 232 Å². The summed E-state index contributed by atoms with van der Waals surface area (Å²) in [5, 5.41) is 5.00. The van der Waals surface area contributed by atoms with Crippen molar-refractivity contribution in [2.45, 2.75) is 0 Å². The van der Waals surface area contributed by atoms with E-state index in [0.29, 0.717) is 0 Å². The molecule has 0 saturated heterocycles. The summed E-state index contributed by atoms with van der Waals surface area (Å²) in [6.45, 7) is 0.00870. The highest BCUT2D eigenvalue weighted by Crippen LogP contribution is 2.43. The third-order valence-corrected chi connectivity index (χ3v) is 12.2. The lowest BCUT2D eigenvalue weighted by molar-refractivity contribution is 1.16. The van der Waals surface area contributed by atoms with E-state index in [1.165, 1.54) is 82.5 Å². The Labute approximate surface area is 337 Å². The molecule has 0 spiro atoms. The lowest BCUT2D eigenvalue weighted by Gasteiger charge is -2.39. The summed E-state index contributed by atoms with van der Waals surface area (Å²) in [4.78, 5) is 2.54. The van der Waals surface area contributed by atoms with Crippen LogP contribution in [0.15, 0.2) is 218 Å². The Morgan fingerprint density at radius 1 is 0.310 bits per heavy atom. The van der Waals surface area contributed by atoms with Gasteiger partial charge < -0.3 is 13.9 Å². The van der Waals surface area contributed by atoms with Crippen LogP contribution in [0.2, 0.25) is 0 Å². The van der Waals surface area contributed by atoms with E-state index in [1.54, 1.807) is 0 Å². The molecule has 270 valence electrons. The molecule has 0 radical (unpaired) electrons. The van der Waals surface area contributed by atoms with Crippen LogP contribution in [0, 0.1) is 0 Å². The fourth-order valence-electron chi connectivity index (χ4n) is 9.72. The minimum atomic E-state index is 0.00870. The molecule has 0 amide bonds. The van der Waals surface area contributed by atoms with Crippen molar-refractivity contribution in [1.29, 1.82) is 0 Å². The van der Waals surface area contributed by atoms with Crippen molar-refractivity contribution in [3.63, 3.8) is 0 Å². The topological polar surface area (TPSA) is 13.1 Å². The first kappa shape index (κ1) is 32.7. The first-order valence-corrected chi connectivity index (χ1v) is 20.1. The fraction of sp³-hybridized carbons (Fsp3) is 0. The van der Waals surface area contributed by atoms with Gasteiger partial charge in [-0.15, -0.1) is 0 Å².